The zero-order valence-electron chi connectivity index (χ0n) is 22.6. The number of carboxylic acids is 1. The summed E-state index contributed by atoms with van der Waals surface area (Å²) in [6.45, 7) is 9.49. The fourth-order valence-electron chi connectivity index (χ4n) is 5.21. The van der Waals surface area contributed by atoms with E-state index in [1.54, 1.807) is 27.1 Å². The van der Waals surface area contributed by atoms with Gasteiger partial charge in [0, 0.05) is 44.4 Å². The van der Waals surface area contributed by atoms with Gasteiger partial charge in [0.2, 0.25) is 0 Å². The van der Waals surface area contributed by atoms with Crippen LogP contribution in [0.3, 0.4) is 0 Å². The van der Waals surface area contributed by atoms with Gasteiger partial charge in [0.1, 0.15) is 6.61 Å². The van der Waals surface area contributed by atoms with Crippen molar-refractivity contribution in [3.05, 3.63) is 81.9 Å². The van der Waals surface area contributed by atoms with E-state index in [0.717, 1.165) is 27.8 Å². The topological polar surface area (TPSA) is 118 Å². The minimum absolute atomic E-state index is 0.260. The van der Waals surface area contributed by atoms with E-state index in [0.29, 0.717) is 43.2 Å². The number of anilines is 2. The van der Waals surface area contributed by atoms with Gasteiger partial charge in [-0.2, -0.15) is 0 Å². The van der Waals surface area contributed by atoms with Crippen LogP contribution in [0.4, 0.5) is 15.8 Å². The molecule has 0 spiro atoms. The number of aryl methyl sites for hydroxylation is 1. The SMILES string of the molecule is Cc1ccc(C(c2ccc(N(C)N)c(N)c2C)C(C)(C)C(=O)O)cc1CN1CCOc2c(F)cncc2C1. The molecule has 0 amide bonds. The fourth-order valence-corrected chi connectivity index (χ4v) is 5.21. The highest BCUT2D eigenvalue weighted by atomic mass is 19.1. The average Bonchev–Trinajstić information content (AvgIpc) is 3.06. The summed E-state index contributed by atoms with van der Waals surface area (Å²) in [5.41, 5.74) is 11.9. The van der Waals surface area contributed by atoms with Crippen molar-refractivity contribution in [2.75, 3.05) is 30.9 Å². The predicted molar refractivity (Wildman–Crippen MR) is 146 cm³/mol. The number of carbonyl (C=O) groups is 1. The Hall–Kier alpha value is -3.69. The first-order valence-electron chi connectivity index (χ1n) is 12.6. The lowest BCUT2D eigenvalue weighted by Crippen LogP contribution is -2.33. The molecule has 0 bridgehead atoms. The van der Waals surface area contributed by atoms with Crippen molar-refractivity contribution >= 4 is 17.3 Å². The van der Waals surface area contributed by atoms with Gasteiger partial charge >= 0.3 is 5.97 Å². The van der Waals surface area contributed by atoms with Crippen molar-refractivity contribution < 1.29 is 19.0 Å². The molecule has 1 aliphatic heterocycles. The zero-order chi connectivity index (χ0) is 27.8. The van der Waals surface area contributed by atoms with E-state index in [2.05, 4.69) is 16.0 Å². The van der Waals surface area contributed by atoms with Gasteiger partial charge in [0.05, 0.1) is 23.0 Å². The molecule has 202 valence electrons. The number of nitrogens with two attached hydrogens (primary N) is 2. The number of hydrogen-bond donors (Lipinski definition) is 3. The molecule has 1 atom stereocenters. The molecule has 0 saturated carbocycles. The normalized spacial score (nSPS) is 14.8. The number of hydrazine groups is 1. The van der Waals surface area contributed by atoms with E-state index in [4.69, 9.17) is 16.3 Å². The number of hydrogen-bond acceptors (Lipinski definition) is 7. The summed E-state index contributed by atoms with van der Waals surface area (Å²) < 4.78 is 19.9. The van der Waals surface area contributed by atoms with Crippen LogP contribution in [0, 0.1) is 25.1 Å². The largest absolute Gasteiger partial charge is 0.489 e. The number of nitrogens with zero attached hydrogens (tertiary/aromatic N) is 3. The summed E-state index contributed by atoms with van der Waals surface area (Å²) in [6, 6.07) is 9.86. The molecule has 1 aromatic heterocycles. The Morgan fingerprint density at radius 1 is 1.26 bits per heavy atom. The Labute approximate surface area is 223 Å². The van der Waals surface area contributed by atoms with Gasteiger partial charge in [0.15, 0.2) is 11.6 Å². The maximum atomic E-state index is 14.2. The van der Waals surface area contributed by atoms with Gasteiger partial charge in [-0.3, -0.25) is 14.7 Å². The third kappa shape index (κ3) is 5.16. The number of aromatic nitrogens is 1. The second-order valence-corrected chi connectivity index (χ2v) is 10.6. The van der Waals surface area contributed by atoms with E-state index in [1.807, 2.05) is 38.1 Å². The first-order valence-corrected chi connectivity index (χ1v) is 12.6. The molecule has 0 fully saturated rings. The Kier molecular flexibility index (Phi) is 7.62. The maximum Gasteiger partial charge on any atom is 0.310 e. The monoisotopic (exact) mass is 521 g/mol. The number of carboxylic acid groups (broad SMARTS) is 1. The van der Waals surface area contributed by atoms with E-state index in [9.17, 15) is 14.3 Å². The number of aliphatic carboxylic acids is 1. The Bertz CT molecular complexity index is 1360. The van der Waals surface area contributed by atoms with Crippen LogP contribution in [-0.2, 0) is 17.9 Å². The minimum Gasteiger partial charge on any atom is -0.489 e. The number of pyridine rings is 1. The third-order valence-corrected chi connectivity index (χ3v) is 7.57. The highest BCUT2D eigenvalue weighted by Crippen LogP contribution is 2.45. The molecular formula is C29H36FN5O3. The summed E-state index contributed by atoms with van der Waals surface area (Å²) in [4.78, 5) is 18.7. The number of halogens is 1. The van der Waals surface area contributed by atoms with Crippen molar-refractivity contribution in [1.82, 2.24) is 9.88 Å². The van der Waals surface area contributed by atoms with Gasteiger partial charge in [-0.05, 0) is 61.6 Å². The van der Waals surface area contributed by atoms with Gasteiger partial charge in [-0.15, -0.1) is 0 Å². The summed E-state index contributed by atoms with van der Waals surface area (Å²) >= 11 is 0. The number of benzene rings is 2. The standard InChI is InChI=1S/C29H36FN5O3/c1-17-6-7-19(12-20(17)15-35-10-11-38-27-21(16-35)13-33-14-23(27)30)25(29(3,4)28(36)37)22-8-9-24(34(5)32)26(31)18(22)2/h6-9,12-14,25H,10-11,15-16,31-32H2,1-5H3,(H,36,37). The van der Waals surface area contributed by atoms with E-state index in [1.165, 1.54) is 11.2 Å². The molecule has 4 rings (SSSR count). The van der Waals surface area contributed by atoms with E-state index < -0.39 is 23.1 Å². The van der Waals surface area contributed by atoms with Crippen LogP contribution in [0.15, 0.2) is 42.7 Å². The van der Waals surface area contributed by atoms with Crippen LogP contribution >= 0.6 is 0 Å². The van der Waals surface area contributed by atoms with Crippen molar-refractivity contribution in [2.45, 2.75) is 46.7 Å². The van der Waals surface area contributed by atoms with Crippen LogP contribution in [0.2, 0.25) is 0 Å². The molecule has 5 N–H and O–H groups in total. The Morgan fingerprint density at radius 3 is 2.68 bits per heavy atom. The highest BCUT2D eigenvalue weighted by molar-refractivity contribution is 5.78. The highest BCUT2D eigenvalue weighted by Gasteiger charge is 2.40. The minimum atomic E-state index is -1.13. The quantitative estimate of drug-likeness (QED) is 0.238. The van der Waals surface area contributed by atoms with Crippen LogP contribution in [0.1, 0.15) is 53.1 Å². The zero-order valence-corrected chi connectivity index (χ0v) is 22.6. The van der Waals surface area contributed by atoms with Crippen LogP contribution < -0.4 is 21.3 Å². The molecular weight excluding hydrogens is 485 g/mol. The number of ether oxygens (including phenoxy) is 1. The molecule has 1 aliphatic rings. The van der Waals surface area contributed by atoms with E-state index in [-0.39, 0.29) is 5.75 Å². The smallest absolute Gasteiger partial charge is 0.310 e. The number of fused-ring (bicyclic) bond motifs is 1. The van der Waals surface area contributed by atoms with Gasteiger partial charge in [-0.1, -0.05) is 24.3 Å². The summed E-state index contributed by atoms with van der Waals surface area (Å²) in [5, 5.41) is 11.7. The molecule has 0 radical (unpaired) electrons. The Balaban J connectivity index is 1.75. The predicted octanol–water partition coefficient (Wildman–Crippen LogP) is 4.37. The molecule has 0 aliphatic carbocycles. The van der Waals surface area contributed by atoms with E-state index >= 15 is 0 Å². The molecule has 2 aromatic carbocycles. The van der Waals surface area contributed by atoms with Crippen molar-refractivity contribution in [3.63, 3.8) is 0 Å². The van der Waals surface area contributed by atoms with Crippen LogP contribution in [-0.4, -0.2) is 41.2 Å². The molecule has 2 heterocycles. The second-order valence-electron chi connectivity index (χ2n) is 10.6. The van der Waals surface area contributed by atoms with Crippen molar-refractivity contribution in [1.29, 1.82) is 0 Å². The van der Waals surface area contributed by atoms with Crippen molar-refractivity contribution in [3.8, 4) is 5.75 Å². The molecule has 38 heavy (non-hydrogen) atoms. The molecule has 9 heteroatoms. The molecule has 1 unspecified atom stereocenters. The third-order valence-electron chi connectivity index (χ3n) is 7.57. The fraction of sp³-hybridized carbons (Fsp3) is 0.379. The van der Waals surface area contributed by atoms with Gasteiger partial charge < -0.3 is 20.6 Å². The molecule has 3 aromatic rings. The van der Waals surface area contributed by atoms with Crippen molar-refractivity contribution in [2.24, 2.45) is 11.3 Å². The first kappa shape index (κ1) is 27.3. The molecule has 8 nitrogen and oxygen atoms in total. The van der Waals surface area contributed by atoms with Crippen LogP contribution in [0.5, 0.6) is 5.75 Å². The lowest BCUT2D eigenvalue weighted by Gasteiger charge is -2.34. The lowest BCUT2D eigenvalue weighted by atomic mass is 9.69. The van der Waals surface area contributed by atoms with Crippen LogP contribution in [0.25, 0.3) is 0 Å². The summed E-state index contributed by atoms with van der Waals surface area (Å²) in [5.74, 6) is 4.38. The lowest BCUT2D eigenvalue weighted by molar-refractivity contribution is -0.147. The average molecular weight is 522 g/mol. The summed E-state index contributed by atoms with van der Waals surface area (Å²) in [7, 11) is 1.71. The Morgan fingerprint density at radius 2 is 2.00 bits per heavy atom. The second kappa shape index (κ2) is 10.6. The van der Waals surface area contributed by atoms with Gasteiger partial charge in [0.25, 0.3) is 0 Å². The molecule has 0 saturated heterocycles. The number of rotatable bonds is 7. The number of nitrogen functional groups attached to an aromatic ring is 1. The van der Waals surface area contributed by atoms with Gasteiger partial charge in [-0.25, -0.2) is 10.2 Å². The first-order chi connectivity index (χ1) is 17.9. The maximum absolute atomic E-state index is 14.2. The summed E-state index contributed by atoms with van der Waals surface area (Å²) in [6.07, 6.45) is 2.81.